The molecule has 0 saturated carbocycles. The van der Waals surface area contributed by atoms with Crippen molar-refractivity contribution in [2.75, 3.05) is 5.32 Å². The predicted octanol–water partition coefficient (Wildman–Crippen LogP) is 2.10. The van der Waals surface area contributed by atoms with Crippen molar-refractivity contribution in [2.24, 2.45) is 0 Å². The van der Waals surface area contributed by atoms with Crippen molar-refractivity contribution in [3.63, 3.8) is 0 Å². The Morgan fingerprint density at radius 1 is 1.15 bits per heavy atom. The summed E-state index contributed by atoms with van der Waals surface area (Å²) in [6.45, 7) is 3.67. The minimum atomic E-state index is 0.722. The first kappa shape index (κ1) is 12.4. The lowest BCUT2D eigenvalue weighted by Gasteiger charge is -2.12. The third kappa shape index (κ3) is 2.40. The van der Waals surface area contributed by atoms with Crippen molar-refractivity contribution in [3.8, 4) is 5.69 Å². The Kier molecular flexibility index (Phi) is 3.45. The van der Waals surface area contributed by atoms with E-state index in [0.717, 1.165) is 30.2 Å². The first-order chi connectivity index (χ1) is 9.88. The first-order valence-electron chi connectivity index (χ1n) is 6.58. The van der Waals surface area contributed by atoms with E-state index in [4.69, 9.17) is 0 Å². The number of aryl methyl sites for hydroxylation is 1. The van der Waals surface area contributed by atoms with E-state index in [0.29, 0.717) is 0 Å². The second-order valence-corrected chi connectivity index (χ2v) is 4.36. The summed E-state index contributed by atoms with van der Waals surface area (Å²) in [6.07, 6.45) is 5.32. The molecule has 0 amide bonds. The van der Waals surface area contributed by atoms with Crippen LogP contribution in [0.3, 0.4) is 0 Å². The Morgan fingerprint density at radius 2 is 2.05 bits per heavy atom. The van der Waals surface area contributed by atoms with Gasteiger partial charge in [0, 0.05) is 12.7 Å². The summed E-state index contributed by atoms with van der Waals surface area (Å²) in [6, 6.07) is 10.0. The third-order valence-corrected chi connectivity index (χ3v) is 3.14. The minimum absolute atomic E-state index is 0.722. The topological polar surface area (TPSA) is 60.6 Å². The normalized spacial score (nSPS) is 10.7. The fourth-order valence-corrected chi connectivity index (χ4v) is 2.14. The number of benzene rings is 1. The van der Waals surface area contributed by atoms with Crippen LogP contribution in [-0.2, 0) is 13.1 Å². The number of anilines is 1. The molecule has 2 heterocycles. The van der Waals surface area contributed by atoms with Gasteiger partial charge in [0.15, 0.2) is 0 Å². The molecule has 6 heteroatoms. The maximum atomic E-state index is 4.27. The monoisotopic (exact) mass is 268 g/mol. The fraction of sp³-hybridized carbons (Fsp3) is 0.214. The maximum absolute atomic E-state index is 4.27. The van der Waals surface area contributed by atoms with Gasteiger partial charge in [0.25, 0.3) is 0 Å². The molecule has 3 aromatic rings. The molecule has 0 aliphatic carbocycles. The minimum Gasteiger partial charge on any atom is -0.378 e. The highest BCUT2D eigenvalue weighted by molar-refractivity contribution is 5.60. The highest BCUT2D eigenvalue weighted by atomic mass is 15.4. The van der Waals surface area contributed by atoms with E-state index in [-0.39, 0.29) is 0 Å². The standard InChI is InChI=1S/C14H16N6/c1-2-19-12(7-8-17-19)11-15-13-5-3-4-6-14(13)20-10-9-16-18-20/h3-10,15H,2,11H2,1H3. The molecule has 0 saturated heterocycles. The second kappa shape index (κ2) is 5.56. The van der Waals surface area contributed by atoms with Crippen LogP contribution in [-0.4, -0.2) is 24.8 Å². The van der Waals surface area contributed by atoms with E-state index in [2.05, 4.69) is 27.7 Å². The number of hydrogen-bond acceptors (Lipinski definition) is 4. The molecular formula is C14H16N6. The number of nitrogens with one attached hydrogen (secondary N) is 1. The SMILES string of the molecule is CCn1nccc1CNc1ccccc1-n1ccnn1. The molecule has 0 bridgehead atoms. The predicted molar refractivity (Wildman–Crippen MR) is 76.6 cm³/mol. The Hall–Kier alpha value is -2.63. The average Bonchev–Trinajstić information content (AvgIpc) is 3.16. The van der Waals surface area contributed by atoms with E-state index < -0.39 is 0 Å². The van der Waals surface area contributed by atoms with Crippen LogP contribution in [0.25, 0.3) is 5.69 Å². The molecule has 0 radical (unpaired) electrons. The van der Waals surface area contributed by atoms with Gasteiger partial charge in [-0.25, -0.2) is 4.68 Å². The van der Waals surface area contributed by atoms with E-state index in [1.807, 2.05) is 47.4 Å². The van der Waals surface area contributed by atoms with Crippen LogP contribution in [0.1, 0.15) is 12.6 Å². The van der Waals surface area contributed by atoms with Crippen LogP contribution >= 0.6 is 0 Å². The lowest BCUT2D eigenvalue weighted by atomic mass is 10.2. The van der Waals surface area contributed by atoms with Gasteiger partial charge in [-0.2, -0.15) is 5.10 Å². The van der Waals surface area contributed by atoms with Gasteiger partial charge in [0.2, 0.25) is 0 Å². The van der Waals surface area contributed by atoms with Crippen molar-refractivity contribution in [1.82, 2.24) is 24.8 Å². The smallest absolute Gasteiger partial charge is 0.0894 e. The van der Waals surface area contributed by atoms with E-state index in [1.165, 1.54) is 0 Å². The molecular weight excluding hydrogens is 252 g/mol. The summed E-state index contributed by atoms with van der Waals surface area (Å²) in [5.74, 6) is 0. The molecule has 102 valence electrons. The fourth-order valence-electron chi connectivity index (χ4n) is 2.14. The summed E-state index contributed by atoms with van der Waals surface area (Å²) in [4.78, 5) is 0. The number of para-hydroxylation sites is 2. The quantitative estimate of drug-likeness (QED) is 0.769. The van der Waals surface area contributed by atoms with Gasteiger partial charge >= 0.3 is 0 Å². The molecule has 1 aromatic carbocycles. The number of aromatic nitrogens is 5. The van der Waals surface area contributed by atoms with Crippen LogP contribution in [0.15, 0.2) is 48.9 Å². The van der Waals surface area contributed by atoms with Gasteiger partial charge in [-0.3, -0.25) is 4.68 Å². The average molecular weight is 268 g/mol. The number of nitrogens with zero attached hydrogens (tertiary/aromatic N) is 5. The van der Waals surface area contributed by atoms with Crippen LogP contribution in [0.2, 0.25) is 0 Å². The Labute approximate surface area is 117 Å². The van der Waals surface area contributed by atoms with E-state index in [9.17, 15) is 0 Å². The molecule has 0 spiro atoms. The van der Waals surface area contributed by atoms with Crippen molar-refractivity contribution in [2.45, 2.75) is 20.0 Å². The highest BCUT2D eigenvalue weighted by Gasteiger charge is 2.06. The number of hydrogen-bond donors (Lipinski definition) is 1. The first-order valence-corrected chi connectivity index (χ1v) is 6.58. The zero-order valence-electron chi connectivity index (χ0n) is 11.3. The van der Waals surface area contributed by atoms with Crippen LogP contribution in [0, 0.1) is 0 Å². The summed E-state index contributed by atoms with van der Waals surface area (Å²) in [5, 5.41) is 15.6. The summed E-state index contributed by atoms with van der Waals surface area (Å²) >= 11 is 0. The molecule has 1 N–H and O–H groups in total. The molecule has 6 nitrogen and oxygen atoms in total. The third-order valence-electron chi connectivity index (χ3n) is 3.14. The van der Waals surface area contributed by atoms with Gasteiger partial charge in [0.05, 0.1) is 36.0 Å². The van der Waals surface area contributed by atoms with Crippen molar-refractivity contribution >= 4 is 5.69 Å². The Balaban J connectivity index is 1.81. The molecule has 0 aliphatic rings. The van der Waals surface area contributed by atoms with Gasteiger partial charge in [0.1, 0.15) is 0 Å². The van der Waals surface area contributed by atoms with Gasteiger partial charge in [-0.05, 0) is 25.1 Å². The van der Waals surface area contributed by atoms with E-state index in [1.54, 1.807) is 10.9 Å². The van der Waals surface area contributed by atoms with Crippen LogP contribution in [0.4, 0.5) is 5.69 Å². The van der Waals surface area contributed by atoms with Crippen LogP contribution < -0.4 is 5.32 Å². The van der Waals surface area contributed by atoms with Crippen molar-refractivity contribution in [3.05, 3.63) is 54.6 Å². The Bertz CT molecular complexity index is 671. The largest absolute Gasteiger partial charge is 0.378 e. The van der Waals surface area contributed by atoms with Crippen LogP contribution in [0.5, 0.6) is 0 Å². The van der Waals surface area contributed by atoms with Crippen molar-refractivity contribution < 1.29 is 0 Å². The molecule has 0 aliphatic heterocycles. The molecule has 20 heavy (non-hydrogen) atoms. The molecule has 3 rings (SSSR count). The molecule has 0 fully saturated rings. The summed E-state index contributed by atoms with van der Waals surface area (Å²) in [7, 11) is 0. The zero-order chi connectivity index (χ0) is 13.8. The maximum Gasteiger partial charge on any atom is 0.0894 e. The molecule has 0 unspecified atom stereocenters. The molecule has 2 aromatic heterocycles. The second-order valence-electron chi connectivity index (χ2n) is 4.36. The van der Waals surface area contributed by atoms with Gasteiger partial charge in [-0.1, -0.05) is 17.3 Å². The zero-order valence-corrected chi connectivity index (χ0v) is 11.3. The lowest BCUT2D eigenvalue weighted by Crippen LogP contribution is -2.09. The lowest BCUT2D eigenvalue weighted by molar-refractivity contribution is 0.627. The molecule has 0 atom stereocenters. The Morgan fingerprint density at radius 3 is 2.85 bits per heavy atom. The number of rotatable bonds is 5. The van der Waals surface area contributed by atoms with E-state index >= 15 is 0 Å². The highest BCUT2D eigenvalue weighted by Crippen LogP contribution is 2.19. The van der Waals surface area contributed by atoms with Crippen molar-refractivity contribution in [1.29, 1.82) is 0 Å². The summed E-state index contributed by atoms with van der Waals surface area (Å²) < 4.78 is 3.73. The van der Waals surface area contributed by atoms with Gasteiger partial charge < -0.3 is 5.32 Å². The van der Waals surface area contributed by atoms with Gasteiger partial charge in [-0.15, -0.1) is 5.10 Å². The summed E-state index contributed by atoms with van der Waals surface area (Å²) in [5.41, 5.74) is 3.15.